The average Bonchev–Trinajstić information content (AvgIpc) is 1.75. The first-order valence-corrected chi connectivity index (χ1v) is 27.3. The molecule has 6 aromatic carbocycles. The third-order valence-electron chi connectivity index (χ3n) is 17.7. The summed E-state index contributed by atoms with van der Waals surface area (Å²) in [6, 6.07) is 30.1. The number of carbonyl (C=O) groups is 7. The highest BCUT2D eigenvalue weighted by molar-refractivity contribution is 6.41. The maximum atomic E-state index is 13.9. The van der Waals surface area contributed by atoms with Gasteiger partial charge < -0.3 is 55.0 Å². The van der Waals surface area contributed by atoms with Gasteiger partial charge in [0.15, 0.2) is 0 Å². The Morgan fingerprint density at radius 1 is 0.543 bits per heavy atom. The Bertz CT molecular complexity index is 4610. The van der Waals surface area contributed by atoms with Crippen LogP contribution in [0.25, 0.3) is 87.2 Å². The second kappa shape index (κ2) is 16.7. The standard InChI is InChI=1S/C33H31N5O6.C28H23N5O4/c1-32(2,3)44-31(42)35-12-13-43-30(41)33(34)15-16-14-21(33)38-20-11-7-5-9-18(20)23-25-24(28(39)36-29(25)40)22-17-8-4-6-10-19(17)37(16)26(22)27(23)38;29-9-10-37-27(36)28(30)12-13-11-18(28)33-17-8-4-2-6-15(17)20-22-21(25(34)31-26(22)35)19-14-5-1-3-7-16(14)32(13)23(19)24(20)33/h4-11,16,21H,12-15,34H2,1-3H3,(H,35,42)(H,36,39,40);1-8,13,18H,9-12,29-30H2,(H,31,34,35)/t16-,21+,33-;13-,18+,28-/m00/s1. The zero-order chi connectivity index (χ0) is 55.9. The number of ether oxygens (including phenoxy) is 3. The Labute approximate surface area is 459 Å². The highest BCUT2D eigenvalue weighted by Crippen LogP contribution is 2.58. The van der Waals surface area contributed by atoms with Crippen LogP contribution in [0.3, 0.4) is 0 Å². The zero-order valence-corrected chi connectivity index (χ0v) is 44.3. The number of carbonyl (C=O) groups excluding carboxylic acids is 7. The van der Waals surface area contributed by atoms with Crippen molar-refractivity contribution in [1.29, 1.82) is 0 Å². The minimum Gasteiger partial charge on any atom is -0.463 e. The van der Waals surface area contributed by atoms with Crippen LogP contribution in [0.5, 0.6) is 0 Å². The quantitative estimate of drug-likeness (QED) is 0.0396. The lowest BCUT2D eigenvalue weighted by molar-refractivity contribution is -0.152. The first-order valence-electron chi connectivity index (χ1n) is 27.3. The molecule has 4 aromatic heterocycles. The average molecular weight is 1090 g/mol. The minimum atomic E-state index is -1.40. The van der Waals surface area contributed by atoms with Crippen LogP contribution in [-0.2, 0) is 23.8 Å². The van der Waals surface area contributed by atoms with Crippen LogP contribution in [0, 0.1) is 0 Å². The largest absolute Gasteiger partial charge is 0.463 e. The van der Waals surface area contributed by atoms with Crippen molar-refractivity contribution in [2.75, 3.05) is 26.3 Å². The molecule has 9 N–H and O–H groups in total. The number of rotatable bonds is 7. The Balaban J connectivity index is 0.000000141. The molecule has 20 nitrogen and oxygen atoms in total. The van der Waals surface area contributed by atoms with E-state index < -0.39 is 64.5 Å². The third kappa shape index (κ3) is 6.42. The number of benzene rings is 6. The van der Waals surface area contributed by atoms with Gasteiger partial charge in [0.25, 0.3) is 23.6 Å². The van der Waals surface area contributed by atoms with E-state index in [1.165, 1.54) is 0 Å². The molecule has 6 atom stereocenters. The molecule has 2 aliphatic carbocycles. The lowest BCUT2D eigenvalue weighted by atomic mass is 9.92. The molecule has 0 spiro atoms. The van der Waals surface area contributed by atoms with Gasteiger partial charge in [0.05, 0.1) is 62.9 Å². The number of amides is 5. The van der Waals surface area contributed by atoms with E-state index in [1.807, 2.05) is 97.1 Å². The van der Waals surface area contributed by atoms with E-state index in [1.54, 1.807) is 20.8 Å². The lowest BCUT2D eigenvalue weighted by Crippen LogP contribution is -2.53. The lowest BCUT2D eigenvalue weighted by Gasteiger charge is -2.32. The van der Waals surface area contributed by atoms with Gasteiger partial charge in [-0.15, -0.1) is 0 Å². The van der Waals surface area contributed by atoms with Crippen molar-refractivity contribution in [3.8, 4) is 0 Å². The highest BCUT2D eigenvalue weighted by Gasteiger charge is 2.58. The molecule has 2 saturated carbocycles. The molecular formula is C61H54N10O10. The van der Waals surface area contributed by atoms with E-state index in [4.69, 9.17) is 31.4 Å². The fourth-order valence-electron chi connectivity index (χ4n) is 15.0. The molecule has 5 amide bonds. The number of para-hydroxylation sites is 4. The summed E-state index contributed by atoms with van der Waals surface area (Å²) in [6.45, 7) is 5.62. The molecule has 20 heteroatoms. The molecule has 408 valence electrons. The number of nitrogens with two attached hydrogens (primary N) is 3. The van der Waals surface area contributed by atoms with Crippen LogP contribution in [0.4, 0.5) is 4.79 Å². The fourth-order valence-corrected chi connectivity index (χ4v) is 15.0. The number of imide groups is 2. The maximum absolute atomic E-state index is 13.9. The second-order valence-electron chi connectivity index (χ2n) is 23.3. The molecule has 0 radical (unpaired) electrons. The van der Waals surface area contributed by atoms with Crippen molar-refractivity contribution >= 4 is 129 Å². The van der Waals surface area contributed by atoms with Crippen LogP contribution >= 0.6 is 0 Å². The molecule has 6 aliphatic rings. The molecular weight excluding hydrogens is 1030 g/mol. The number of hydrogen-bond donors (Lipinski definition) is 6. The monoisotopic (exact) mass is 1090 g/mol. The summed E-state index contributed by atoms with van der Waals surface area (Å²) in [5, 5.41) is 14.0. The minimum absolute atomic E-state index is 0.0701. The number of aromatic nitrogens is 4. The van der Waals surface area contributed by atoms with Gasteiger partial charge in [-0.3, -0.25) is 29.8 Å². The second-order valence-corrected chi connectivity index (χ2v) is 23.3. The van der Waals surface area contributed by atoms with Crippen LogP contribution in [0.1, 0.15) is 112 Å². The molecule has 8 heterocycles. The van der Waals surface area contributed by atoms with E-state index in [0.717, 1.165) is 81.8 Å². The van der Waals surface area contributed by atoms with E-state index in [9.17, 15) is 33.6 Å². The van der Waals surface area contributed by atoms with Gasteiger partial charge in [0, 0.05) is 83.8 Å². The first-order chi connectivity index (χ1) is 38.9. The fraction of sp³-hybridized carbons (Fsp3) is 0.295. The summed E-state index contributed by atoms with van der Waals surface area (Å²) in [5.41, 5.74) is 24.9. The van der Waals surface area contributed by atoms with E-state index in [0.29, 0.717) is 53.3 Å². The van der Waals surface area contributed by atoms with Gasteiger partial charge in [-0.1, -0.05) is 72.8 Å². The number of alkyl carbamates (subject to hydrolysis) is 1. The highest BCUT2D eigenvalue weighted by atomic mass is 16.6. The molecule has 4 aliphatic heterocycles. The van der Waals surface area contributed by atoms with Gasteiger partial charge in [-0.25, -0.2) is 14.4 Å². The van der Waals surface area contributed by atoms with Crippen molar-refractivity contribution in [3.05, 3.63) is 119 Å². The third-order valence-corrected chi connectivity index (χ3v) is 17.7. The predicted octanol–water partition coefficient (Wildman–Crippen LogP) is 7.32. The Hall–Kier alpha value is -9.11. The molecule has 0 saturated heterocycles. The van der Waals surface area contributed by atoms with E-state index in [-0.39, 0.29) is 44.3 Å². The summed E-state index contributed by atoms with van der Waals surface area (Å²) in [7, 11) is 0. The number of nitrogens with zero attached hydrogens (tertiary/aromatic N) is 4. The summed E-state index contributed by atoms with van der Waals surface area (Å²) in [5.74, 6) is -2.66. The topological polar surface area (TPSA) is 281 Å². The number of fused-ring (bicyclic) bond motifs is 26. The summed E-state index contributed by atoms with van der Waals surface area (Å²) >= 11 is 0. The normalized spacial score (nSPS) is 23.0. The summed E-state index contributed by atoms with van der Waals surface area (Å²) < 4.78 is 25.2. The molecule has 16 rings (SSSR count). The summed E-state index contributed by atoms with van der Waals surface area (Å²) in [4.78, 5) is 92.7. The van der Waals surface area contributed by atoms with E-state index >= 15 is 0 Å². The van der Waals surface area contributed by atoms with Crippen molar-refractivity contribution in [1.82, 2.24) is 34.2 Å². The number of hydrogen-bond acceptors (Lipinski definition) is 13. The molecule has 10 aromatic rings. The van der Waals surface area contributed by atoms with Crippen molar-refractivity contribution in [3.63, 3.8) is 0 Å². The molecule has 4 bridgehead atoms. The maximum Gasteiger partial charge on any atom is 0.407 e. The SMILES string of the molecule is CC(C)(C)OC(=O)NCCOC(=O)[C@]1(N)C[C@@H]2C[C@H]1n1c3ccccc3c3c4c(c5c6ccccc6n2c5c31)C(=O)NC4=O.NCCOC(=O)[C@]1(N)C[C@@H]2C[C@H]1n1c3ccccc3c3c4c(c5c6ccccc6n2c5c31)C(=O)NC4=O. The van der Waals surface area contributed by atoms with E-state index in [2.05, 4.69) is 34.2 Å². The van der Waals surface area contributed by atoms with Crippen molar-refractivity contribution in [2.24, 2.45) is 17.2 Å². The van der Waals surface area contributed by atoms with Crippen LogP contribution in [-0.4, -0.2) is 103 Å². The van der Waals surface area contributed by atoms with Crippen molar-refractivity contribution in [2.45, 2.75) is 87.3 Å². The van der Waals surface area contributed by atoms with Gasteiger partial charge in [-0.2, -0.15) is 0 Å². The number of nitrogens with one attached hydrogen (secondary N) is 3. The van der Waals surface area contributed by atoms with Gasteiger partial charge in [0.1, 0.15) is 29.9 Å². The van der Waals surface area contributed by atoms with Crippen LogP contribution in [0.15, 0.2) is 97.1 Å². The molecule has 2 fully saturated rings. The van der Waals surface area contributed by atoms with Crippen LogP contribution < -0.4 is 33.2 Å². The predicted molar refractivity (Wildman–Crippen MR) is 302 cm³/mol. The number of esters is 2. The first kappa shape index (κ1) is 49.0. The Morgan fingerprint density at radius 3 is 1.23 bits per heavy atom. The summed E-state index contributed by atoms with van der Waals surface area (Å²) in [6.07, 6.45) is 1.24. The van der Waals surface area contributed by atoms with Gasteiger partial charge in [0.2, 0.25) is 0 Å². The van der Waals surface area contributed by atoms with Gasteiger partial charge in [-0.05, 0) is 70.7 Å². The van der Waals surface area contributed by atoms with Crippen LogP contribution in [0.2, 0.25) is 0 Å². The smallest absolute Gasteiger partial charge is 0.407 e. The Kier molecular flexibility index (Phi) is 10.1. The Morgan fingerprint density at radius 2 is 0.877 bits per heavy atom. The molecule has 0 unspecified atom stereocenters. The van der Waals surface area contributed by atoms with Crippen molar-refractivity contribution < 1.29 is 47.8 Å². The van der Waals surface area contributed by atoms with Gasteiger partial charge >= 0.3 is 18.0 Å². The molecule has 81 heavy (non-hydrogen) atoms. The zero-order valence-electron chi connectivity index (χ0n) is 44.3.